The van der Waals surface area contributed by atoms with Crippen molar-refractivity contribution in [2.75, 3.05) is 7.05 Å². The lowest BCUT2D eigenvalue weighted by Crippen LogP contribution is -2.45. The summed E-state index contributed by atoms with van der Waals surface area (Å²) in [6.45, 7) is 8.28. The fourth-order valence-electron chi connectivity index (χ4n) is 9.47. The van der Waals surface area contributed by atoms with Crippen LogP contribution in [0.1, 0.15) is 77.6 Å². The van der Waals surface area contributed by atoms with Crippen molar-refractivity contribution in [3.05, 3.63) is 0 Å². The molecule has 0 spiro atoms. The molecular weight excluding hydrogens is 330 g/mol. The first-order valence-corrected chi connectivity index (χ1v) is 15.4. The molecule has 0 radical (unpaired) electrons. The summed E-state index contributed by atoms with van der Waals surface area (Å²) < 4.78 is 0. The summed E-state index contributed by atoms with van der Waals surface area (Å²) >= 11 is 0. The number of nitrogens with zero attached hydrogens (tertiary/aromatic N) is 1. The maximum Gasteiger partial charge on any atom is 0.0542 e. The summed E-state index contributed by atoms with van der Waals surface area (Å²) in [4.78, 5) is 2.98. The highest BCUT2D eigenvalue weighted by molar-refractivity contribution is 6.80. The molecule has 0 aromatic rings. The number of likely N-dealkylation sites (tertiary alicyclic amines) is 1. The van der Waals surface area contributed by atoms with Crippen LogP contribution in [0.5, 0.6) is 0 Å². The van der Waals surface area contributed by atoms with Crippen molar-refractivity contribution in [1.82, 2.24) is 4.90 Å². The van der Waals surface area contributed by atoms with Crippen LogP contribution in [0.3, 0.4) is 0 Å². The third kappa shape index (κ3) is 2.56. The number of hydrogen-bond donors (Lipinski definition) is 0. The Morgan fingerprint density at radius 2 is 1.42 bits per heavy atom. The van der Waals surface area contributed by atoms with E-state index >= 15 is 0 Å². The zero-order chi connectivity index (χ0) is 18.1. The Labute approximate surface area is 163 Å². The summed E-state index contributed by atoms with van der Waals surface area (Å²) in [6, 6.07) is 1.92. The van der Waals surface area contributed by atoms with Crippen LogP contribution in [0.2, 0.25) is 24.2 Å². The van der Waals surface area contributed by atoms with Crippen LogP contribution in [0.4, 0.5) is 0 Å². The Bertz CT molecular complexity index is 524. The minimum atomic E-state index is -1.19. The molecule has 1 nitrogen and oxygen atoms in total. The molecule has 0 aromatic carbocycles. The maximum absolute atomic E-state index is 2.98. The second kappa shape index (κ2) is 6.61. The molecule has 1 saturated heterocycles. The zero-order valence-corrected chi connectivity index (χ0v) is 18.9. The molecule has 148 valence electrons. The van der Waals surface area contributed by atoms with E-state index in [4.69, 9.17) is 0 Å². The average molecular weight is 374 g/mol. The van der Waals surface area contributed by atoms with Crippen molar-refractivity contribution in [3.8, 4) is 0 Å². The van der Waals surface area contributed by atoms with Crippen LogP contribution in [-0.2, 0) is 0 Å². The fraction of sp³-hybridized carbons (Fsp3) is 1.00. The number of fused-ring (bicyclic) bond motifs is 5. The van der Waals surface area contributed by atoms with E-state index in [1.165, 1.54) is 19.3 Å². The van der Waals surface area contributed by atoms with Crippen LogP contribution in [0.15, 0.2) is 0 Å². The lowest BCUT2D eigenvalue weighted by Gasteiger charge is -2.46. The van der Waals surface area contributed by atoms with Gasteiger partial charge >= 0.3 is 0 Å². The standard InChI is InChI=1S/C24H43NSi/c1-16-13-14-21-20(15-16)22-23(25(21)2)18-11-7-8-12-19(18)24(22)26(3,4)17-9-5-6-10-17/h16-24H,5-15H2,1-4H3. The molecule has 2 heteroatoms. The molecule has 0 aromatic heterocycles. The molecule has 0 bridgehead atoms. The normalized spacial score (nSPS) is 49.8. The summed E-state index contributed by atoms with van der Waals surface area (Å²) in [7, 11) is 1.37. The summed E-state index contributed by atoms with van der Waals surface area (Å²) in [5.74, 6) is 5.31. The van der Waals surface area contributed by atoms with E-state index < -0.39 is 8.07 Å². The molecule has 1 aliphatic heterocycles. The molecule has 8 atom stereocenters. The molecule has 0 amide bonds. The molecule has 0 N–H and O–H groups in total. The first-order valence-electron chi connectivity index (χ1n) is 12.2. The van der Waals surface area contributed by atoms with Crippen molar-refractivity contribution < 1.29 is 0 Å². The van der Waals surface area contributed by atoms with Gasteiger partial charge < -0.3 is 0 Å². The van der Waals surface area contributed by atoms with Gasteiger partial charge in [0.2, 0.25) is 0 Å². The van der Waals surface area contributed by atoms with E-state index in [-0.39, 0.29) is 0 Å². The predicted octanol–water partition coefficient (Wildman–Crippen LogP) is 6.56. The van der Waals surface area contributed by atoms with Crippen molar-refractivity contribution in [3.63, 3.8) is 0 Å². The van der Waals surface area contributed by atoms with Crippen LogP contribution < -0.4 is 0 Å². The third-order valence-corrected chi connectivity index (χ3v) is 15.7. The van der Waals surface area contributed by atoms with Gasteiger partial charge in [0, 0.05) is 12.1 Å². The van der Waals surface area contributed by atoms with Gasteiger partial charge in [-0.25, -0.2) is 0 Å². The summed E-state index contributed by atoms with van der Waals surface area (Å²) in [5.41, 5.74) is 2.31. The maximum atomic E-state index is 2.98. The van der Waals surface area contributed by atoms with Gasteiger partial charge in [0.15, 0.2) is 0 Å². The van der Waals surface area contributed by atoms with Gasteiger partial charge in [-0.3, -0.25) is 4.90 Å². The highest BCUT2D eigenvalue weighted by Crippen LogP contribution is 2.67. The molecule has 5 fully saturated rings. The minimum absolute atomic E-state index is 0.944. The first-order chi connectivity index (χ1) is 12.5. The molecular formula is C24H43NSi. The van der Waals surface area contributed by atoms with Gasteiger partial charge in [0.1, 0.15) is 0 Å². The third-order valence-electron chi connectivity index (χ3n) is 10.5. The van der Waals surface area contributed by atoms with Crippen LogP contribution in [-0.4, -0.2) is 32.1 Å². The number of rotatable bonds is 2. The smallest absolute Gasteiger partial charge is 0.0542 e. The summed E-state index contributed by atoms with van der Waals surface area (Å²) in [6.07, 6.45) is 17.0. The zero-order valence-electron chi connectivity index (χ0n) is 17.9. The second-order valence-corrected chi connectivity index (χ2v) is 16.9. The van der Waals surface area contributed by atoms with E-state index in [1.807, 2.05) is 0 Å². The van der Waals surface area contributed by atoms with Crippen LogP contribution in [0.25, 0.3) is 0 Å². The molecule has 4 aliphatic carbocycles. The topological polar surface area (TPSA) is 3.24 Å². The Kier molecular flexibility index (Phi) is 4.63. The van der Waals surface area contributed by atoms with Crippen LogP contribution in [0, 0.1) is 29.6 Å². The highest BCUT2D eigenvalue weighted by Gasteiger charge is 2.65. The first kappa shape index (κ1) is 18.2. The van der Waals surface area contributed by atoms with Gasteiger partial charge in [-0.15, -0.1) is 0 Å². The molecule has 26 heavy (non-hydrogen) atoms. The Hall–Kier alpha value is 0.177. The number of hydrogen-bond acceptors (Lipinski definition) is 1. The Morgan fingerprint density at radius 1 is 0.769 bits per heavy atom. The van der Waals surface area contributed by atoms with Gasteiger partial charge in [0.05, 0.1) is 8.07 Å². The molecule has 4 saturated carbocycles. The minimum Gasteiger partial charge on any atom is -0.300 e. The molecule has 8 unspecified atom stereocenters. The van der Waals surface area contributed by atoms with Crippen molar-refractivity contribution in [2.24, 2.45) is 29.6 Å². The van der Waals surface area contributed by atoms with Gasteiger partial charge in [0.25, 0.3) is 0 Å². The Balaban J connectivity index is 1.53. The van der Waals surface area contributed by atoms with E-state index in [0.29, 0.717) is 0 Å². The van der Waals surface area contributed by atoms with Crippen LogP contribution >= 0.6 is 0 Å². The van der Waals surface area contributed by atoms with Gasteiger partial charge in [-0.2, -0.15) is 0 Å². The van der Waals surface area contributed by atoms with E-state index in [1.54, 1.807) is 51.4 Å². The SMILES string of the molecule is CC1CCC2C(C1)C1C(C3CCCCC3C1[Si](C)(C)C1CCCC1)N2C. The lowest BCUT2D eigenvalue weighted by molar-refractivity contribution is 0.109. The molecule has 1 heterocycles. The second-order valence-electron chi connectivity index (χ2n) is 11.8. The predicted molar refractivity (Wildman–Crippen MR) is 114 cm³/mol. The molecule has 5 rings (SSSR count). The Morgan fingerprint density at radius 3 is 2.15 bits per heavy atom. The van der Waals surface area contributed by atoms with E-state index in [9.17, 15) is 0 Å². The highest BCUT2D eigenvalue weighted by atomic mass is 28.3. The lowest BCUT2D eigenvalue weighted by atomic mass is 9.73. The van der Waals surface area contributed by atoms with E-state index in [0.717, 1.165) is 52.8 Å². The van der Waals surface area contributed by atoms with E-state index in [2.05, 4.69) is 32.0 Å². The van der Waals surface area contributed by atoms with Gasteiger partial charge in [-0.05, 0) is 73.4 Å². The molecule has 5 aliphatic rings. The quantitative estimate of drug-likeness (QED) is 0.495. The van der Waals surface area contributed by atoms with Crippen molar-refractivity contribution in [1.29, 1.82) is 0 Å². The van der Waals surface area contributed by atoms with Crippen molar-refractivity contribution in [2.45, 2.75) is 114 Å². The largest absolute Gasteiger partial charge is 0.300 e. The van der Waals surface area contributed by atoms with Gasteiger partial charge in [-0.1, -0.05) is 65.0 Å². The van der Waals surface area contributed by atoms with Crippen molar-refractivity contribution >= 4 is 8.07 Å². The monoisotopic (exact) mass is 373 g/mol. The average Bonchev–Trinajstić information content (AvgIpc) is 3.32. The fourth-order valence-corrected chi connectivity index (χ4v) is 14.9. The summed E-state index contributed by atoms with van der Waals surface area (Å²) in [5, 5.41) is 0.